The number of aryl methyl sites for hydroxylation is 1. The van der Waals surface area contributed by atoms with E-state index in [0.717, 1.165) is 47.2 Å². The number of benzene rings is 4. The Bertz CT molecular complexity index is 1530. The molecule has 0 aliphatic carbocycles. The van der Waals surface area contributed by atoms with E-state index in [1.807, 2.05) is 17.0 Å². The second-order valence-corrected chi connectivity index (χ2v) is 10.8. The standard InChI is InChI=1S/C36H36FNO3/c1-25-21-31(23-38-20-7-6-13-34(38)36(39)40)35(41-24-27-14-18-32(37)19-15-27)22-30(25)17-16-28-11-8-12-33(26(28)2)29-9-4-3-5-10-29/h3-5,8-12,14-19,21-22,34H,6-7,13,20,23-24H2,1-2H3,(H,39,40)/b17-16+/t34-/m0/s1. The molecule has 4 aromatic carbocycles. The van der Waals surface area contributed by atoms with E-state index in [9.17, 15) is 14.3 Å². The lowest BCUT2D eigenvalue weighted by Crippen LogP contribution is -2.44. The first-order valence-corrected chi connectivity index (χ1v) is 14.2. The maximum absolute atomic E-state index is 13.4. The Hall–Kier alpha value is -4.22. The molecule has 4 nitrogen and oxygen atoms in total. The zero-order chi connectivity index (χ0) is 28.8. The van der Waals surface area contributed by atoms with Crippen LogP contribution in [0.25, 0.3) is 23.3 Å². The molecule has 5 rings (SSSR count). The predicted octanol–water partition coefficient (Wildman–Crippen LogP) is 8.30. The fraction of sp³-hybridized carbons (Fsp3) is 0.250. The molecule has 1 aliphatic rings. The average Bonchev–Trinajstić information content (AvgIpc) is 2.98. The van der Waals surface area contributed by atoms with Crippen molar-refractivity contribution in [3.8, 4) is 16.9 Å². The van der Waals surface area contributed by atoms with Crippen LogP contribution in [0.3, 0.4) is 0 Å². The number of hydrogen-bond acceptors (Lipinski definition) is 3. The first-order chi connectivity index (χ1) is 19.9. The van der Waals surface area contributed by atoms with Crippen LogP contribution in [0.4, 0.5) is 4.39 Å². The molecule has 0 amide bonds. The van der Waals surface area contributed by atoms with Crippen molar-refractivity contribution in [1.29, 1.82) is 0 Å². The van der Waals surface area contributed by atoms with Crippen LogP contribution in [0.5, 0.6) is 5.75 Å². The molecule has 1 heterocycles. The summed E-state index contributed by atoms with van der Waals surface area (Å²) in [6, 6.07) is 26.7. The second-order valence-electron chi connectivity index (χ2n) is 10.8. The van der Waals surface area contributed by atoms with Gasteiger partial charge in [0.05, 0.1) is 0 Å². The van der Waals surface area contributed by atoms with Crippen LogP contribution in [-0.2, 0) is 17.9 Å². The van der Waals surface area contributed by atoms with Crippen molar-refractivity contribution < 1.29 is 19.0 Å². The summed E-state index contributed by atoms with van der Waals surface area (Å²) < 4.78 is 19.8. The summed E-state index contributed by atoms with van der Waals surface area (Å²) in [5.41, 5.74) is 8.68. The van der Waals surface area contributed by atoms with Crippen molar-refractivity contribution in [2.24, 2.45) is 0 Å². The van der Waals surface area contributed by atoms with E-state index >= 15 is 0 Å². The molecule has 0 spiro atoms. The van der Waals surface area contributed by atoms with E-state index in [-0.39, 0.29) is 5.82 Å². The van der Waals surface area contributed by atoms with Crippen molar-refractivity contribution in [3.05, 3.63) is 124 Å². The summed E-state index contributed by atoms with van der Waals surface area (Å²) in [6.45, 7) is 5.75. The number of carbonyl (C=O) groups is 1. The number of hydrogen-bond donors (Lipinski definition) is 1. The normalized spacial score (nSPS) is 15.7. The molecule has 1 saturated heterocycles. The Labute approximate surface area is 241 Å². The van der Waals surface area contributed by atoms with Gasteiger partial charge in [0.2, 0.25) is 0 Å². The Kier molecular flexibility index (Phi) is 8.95. The van der Waals surface area contributed by atoms with Gasteiger partial charge >= 0.3 is 5.97 Å². The monoisotopic (exact) mass is 549 g/mol. The molecule has 5 heteroatoms. The van der Waals surface area contributed by atoms with E-state index in [2.05, 4.69) is 74.5 Å². The molecule has 210 valence electrons. The molecule has 41 heavy (non-hydrogen) atoms. The quantitative estimate of drug-likeness (QED) is 0.213. The van der Waals surface area contributed by atoms with Crippen molar-refractivity contribution in [1.82, 2.24) is 4.90 Å². The van der Waals surface area contributed by atoms with Crippen molar-refractivity contribution in [2.75, 3.05) is 6.54 Å². The van der Waals surface area contributed by atoms with Crippen LogP contribution >= 0.6 is 0 Å². The van der Waals surface area contributed by atoms with Gasteiger partial charge in [-0.3, -0.25) is 9.69 Å². The molecule has 0 saturated carbocycles. The van der Waals surface area contributed by atoms with Crippen molar-refractivity contribution in [2.45, 2.75) is 52.3 Å². The van der Waals surface area contributed by atoms with Crippen LogP contribution in [0.2, 0.25) is 0 Å². The molecule has 1 N–H and O–H groups in total. The van der Waals surface area contributed by atoms with Gasteiger partial charge in [0.15, 0.2) is 0 Å². The largest absolute Gasteiger partial charge is 0.489 e. The number of rotatable bonds is 9. The van der Waals surface area contributed by atoms with Gasteiger partial charge in [-0.2, -0.15) is 0 Å². The lowest BCUT2D eigenvalue weighted by molar-refractivity contribution is -0.144. The summed E-state index contributed by atoms with van der Waals surface area (Å²) in [4.78, 5) is 14.0. The maximum atomic E-state index is 13.4. The SMILES string of the molecule is Cc1cc(CN2CCCC[C@H]2C(=O)O)c(OCc2ccc(F)cc2)cc1/C=C/c1cccc(-c2ccccc2)c1C. The molecule has 1 fully saturated rings. The third-order valence-corrected chi connectivity index (χ3v) is 7.93. The van der Waals surface area contributed by atoms with E-state index in [4.69, 9.17) is 4.74 Å². The molecular weight excluding hydrogens is 513 g/mol. The van der Waals surface area contributed by atoms with Gasteiger partial charge < -0.3 is 9.84 Å². The highest BCUT2D eigenvalue weighted by Gasteiger charge is 2.29. The number of nitrogens with zero attached hydrogens (tertiary/aromatic N) is 1. The van der Waals surface area contributed by atoms with Crippen LogP contribution in [0.15, 0.2) is 84.9 Å². The molecule has 4 aromatic rings. The van der Waals surface area contributed by atoms with Gasteiger partial charge in [0.1, 0.15) is 24.2 Å². The molecular formula is C36H36FNO3. The topological polar surface area (TPSA) is 49.8 Å². The number of carboxylic acids is 1. The van der Waals surface area contributed by atoms with E-state index in [1.54, 1.807) is 12.1 Å². The highest BCUT2D eigenvalue weighted by molar-refractivity contribution is 5.78. The molecule has 1 aliphatic heterocycles. The number of piperidine rings is 1. The zero-order valence-corrected chi connectivity index (χ0v) is 23.6. The third kappa shape index (κ3) is 6.93. The van der Waals surface area contributed by atoms with Crippen molar-refractivity contribution >= 4 is 18.1 Å². The Morgan fingerprint density at radius 1 is 0.951 bits per heavy atom. The number of carboxylic acid groups (broad SMARTS) is 1. The smallest absolute Gasteiger partial charge is 0.320 e. The highest BCUT2D eigenvalue weighted by Crippen LogP contribution is 2.31. The van der Waals surface area contributed by atoms with E-state index in [0.29, 0.717) is 25.3 Å². The van der Waals surface area contributed by atoms with Crippen LogP contribution < -0.4 is 4.74 Å². The summed E-state index contributed by atoms with van der Waals surface area (Å²) in [6.07, 6.45) is 6.81. The molecule has 0 aromatic heterocycles. The summed E-state index contributed by atoms with van der Waals surface area (Å²) >= 11 is 0. The van der Waals surface area contributed by atoms with Crippen LogP contribution in [-0.4, -0.2) is 28.6 Å². The zero-order valence-electron chi connectivity index (χ0n) is 23.6. The summed E-state index contributed by atoms with van der Waals surface area (Å²) in [5, 5.41) is 9.81. The number of ether oxygens (including phenoxy) is 1. The van der Waals surface area contributed by atoms with Gasteiger partial charge in [0.25, 0.3) is 0 Å². The van der Waals surface area contributed by atoms with Gasteiger partial charge in [0, 0.05) is 12.1 Å². The van der Waals surface area contributed by atoms with Gasteiger partial charge in [-0.1, -0.05) is 85.3 Å². The first-order valence-electron chi connectivity index (χ1n) is 14.2. The number of halogens is 1. The van der Waals surface area contributed by atoms with E-state index < -0.39 is 12.0 Å². The average molecular weight is 550 g/mol. The predicted molar refractivity (Wildman–Crippen MR) is 163 cm³/mol. The Morgan fingerprint density at radius 3 is 2.46 bits per heavy atom. The minimum Gasteiger partial charge on any atom is -0.489 e. The molecule has 0 radical (unpaired) electrons. The van der Waals surface area contributed by atoms with Gasteiger partial charge in [-0.05, 0) is 90.4 Å². The maximum Gasteiger partial charge on any atom is 0.320 e. The first kappa shape index (κ1) is 28.3. The number of aliphatic carboxylic acids is 1. The molecule has 0 bridgehead atoms. The summed E-state index contributed by atoms with van der Waals surface area (Å²) in [7, 11) is 0. The lowest BCUT2D eigenvalue weighted by Gasteiger charge is -2.33. The fourth-order valence-electron chi connectivity index (χ4n) is 5.57. The van der Waals surface area contributed by atoms with Crippen LogP contribution in [0, 0.1) is 19.7 Å². The minimum absolute atomic E-state index is 0.284. The molecule has 1 atom stereocenters. The van der Waals surface area contributed by atoms with Crippen LogP contribution in [0.1, 0.15) is 52.6 Å². The fourth-order valence-corrected chi connectivity index (χ4v) is 5.57. The van der Waals surface area contributed by atoms with E-state index in [1.165, 1.54) is 28.8 Å². The Balaban J connectivity index is 1.46. The third-order valence-electron chi connectivity index (χ3n) is 7.93. The molecule has 0 unspecified atom stereocenters. The summed E-state index contributed by atoms with van der Waals surface area (Å²) in [5.74, 6) is -0.347. The number of likely N-dealkylation sites (tertiary alicyclic amines) is 1. The van der Waals surface area contributed by atoms with Gasteiger partial charge in [-0.25, -0.2) is 4.39 Å². The van der Waals surface area contributed by atoms with Crippen molar-refractivity contribution in [3.63, 3.8) is 0 Å². The highest BCUT2D eigenvalue weighted by atomic mass is 19.1. The minimum atomic E-state index is -0.775. The van der Waals surface area contributed by atoms with Gasteiger partial charge in [-0.15, -0.1) is 0 Å². The Morgan fingerprint density at radius 2 is 1.71 bits per heavy atom. The second kappa shape index (κ2) is 13.0. The lowest BCUT2D eigenvalue weighted by atomic mass is 9.95.